The van der Waals surface area contributed by atoms with E-state index in [9.17, 15) is 4.79 Å². The van der Waals surface area contributed by atoms with Gasteiger partial charge in [0.25, 0.3) is 0 Å². The van der Waals surface area contributed by atoms with Gasteiger partial charge in [0.1, 0.15) is 0 Å². The molecule has 118 valence electrons. The second-order valence-electron chi connectivity index (χ2n) is 5.23. The Morgan fingerprint density at radius 3 is 2.73 bits per heavy atom. The monoisotopic (exact) mass is 356 g/mol. The van der Waals surface area contributed by atoms with Gasteiger partial charge >= 0.3 is 0 Å². The first-order chi connectivity index (χ1) is 10.4. The number of amides is 1. The lowest BCUT2D eigenvalue weighted by molar-refractivity contribution is -0.120. The van der Waals surface area contributed by atoms with Crippen molar-refractivity contribution in [1.82, 2.24) is 4.90 Å². The molecule has 2 aromatic rings. The molecule has 0 bridgehead atoms. The summed E-state index contributed by atoms with van der Waals surface area (Å²) in [6.45, 7) is 4.69. The first-order valence-electron chi connectivity index (χ1n) is 6.87. The average molecular weight is 357 g/mol. The number of anilines is 1. The summed E-state index contributed by atoms with van der Waals surface area (Å²) >= 11 is 13.7. The van der Waals surface area contributed by atoms with Crippen molar-refractivity contribution in [3.05, 3.63) is 50.1 Å². The zero-order valence-corrected chi connectivity index (χ0v) is 15.0. The Balaban J connectivity index is 2.02. The maximum absolute atomic E-state index is 12.4. The van der Waals surface area contributed by atoms with Crippen molar-refractivity contribution in [2.75, 3.05) is 12.4 Å². The molecule has 0 saturated heterocycles. The Hall–Kier alpha value is -1.07. The van der Waals surface area contributed by atoms with Crippen LogP contribution in [0, 0.1) is 6.92 Å². The van der Waals surface area contributed by atoms with Gasteiger partial charge in [0, 0.05) is 16.4 Å². The van der Waals surface area contributed by atoms with E-state index >= 15 is 0 Å². The molecule has 3 nitrogen and oxygen atoms in total. The number of halogens is 2. The first kappa shape index (κ1) is 17.3. The van der Waals surface area contributed by atoms with Crippen molar-refractivity contribution in [1.29, 1.82) is 0 Å². The second kappa shape index (κ2) is 7.47. The highest BCUT2D eigenvalue weighted by atomic mass is 35.5. The third-order valence-corrected chi connectivity index (χ3v) is 5.16. The number of hydrogen-bond acceptors (Lipinski definition) is 3. The molecule has 6 heteroatoms. The molecule has 0 saturated carbocycles. The molecule has 0 unspecified atom stereocenters. The predicted octanol–water partition coefficient (Wildman–Crippen LogP) is 4.82. The normalized spacial score (nSPS) is 12.5. The fourth-order valence-electron chi connectivity index (χ4n) is 1.96. The number of nitrogens with zero attached hydrogens (tertiary/aromatic N) is 1. The first-order valence-corrected chi connectivity index (χ1v) is 8.51. The molecule has 0 aliphatic carbocycles. The minimum atomic E-state index is -0.281. The van der Waals surface area contributed by atoms with E-state index in [0.717, 1.165) is 6.54 Å². The van der Waals surface area contributed by atoms with E-state index < -0.39 is 0 Å². The van der Waals surface area contributed by atoms with Crippen molar-refractivity contribution in [3.63, 3.8) is 0 Å². The number of hydrogen-bond donors (Lipinski definition) is 1. The van der Waals surface area contributed by atoms with Gasteiger partial charge in [0.15, 0.2) is 0 Å². The van der Waals surface area contributed by atoms with Crippen LogP contribution < -0.4 is 5.32 Å². The highest BCUT2D eigenvalue weighted by molar-refractivity contribution is 7.10. The maximum Gasteiger partial charge on any atom is 0.241 e. The number of nitrogens with one attached hydrogen (secondary N) is 1. The molecule has 0 aliphatic rings. The van der Waals surface area contributed by atoms with Crippen LogP contribution in [0.4, 0.5) is 5.69 Å². The molecule has 1 heterocycles. The summed E-state index contributed by atoms with van der Waals surface area (Å²) in [5, 5.41) is 5.91. The fourth-order valence-corrected chi connectivity index (χ4v) is 3.27. The lowest BCUT2D eigenvalue weighted by atomic mass is 10.2. The Morgan fingerprint density at radius 2 is 2.09 bits per heavy atom. The van der Waals surface area contributed by atoms with Crippen molar-refractivity contribution >= 4 is 46.1 Å². The number of aryl methyl sites for hydroxylation is 1. The van der Waals surface area contributed by atoms with Gasteiger partial charge in [-0.1, -0.05) is 23.2 Å². The van der Waals surface area contributed by atoms with E-state index in [-0.39, 0.29) is 11.9 Å². The molecule has 1 atom stereocenters. The summed E-state index contributed by atoms with van der Waals surface area (Å²) < 4.78 is 0. The lowest BCUT2D eigenvalue weighted by Gasteiger charge is -2.24. The molecule has 0 aliphatic heterocycles. The van der Waals surface area contributed by atoms with Crippen LogP contribution in [-0.4, -0.2) is 23.9 Å². The predicted molar refractivity (Wildman–Crippen MR) is 95.1 cm³/mol. The highest BCUT2D eigenvalue weighted by Crippen LogP contribution is 2.26. The van der Waals surface area contributed by atoms with Crippen molar-refractivity contribution < 1.29 is 4.79 Å². The summed E-state index contributed by atoms with van der Waals surface area (Å²) in [7, 11) is 1.93. The van der Waals surface area contributed by atoms with Crippen LogP contribution in [0.2, 0.25) is 10.0 Å². The summed E-state index contributed by atoms with van der Waals surface area (Å²) in [5.41, 5.74) is 1.79. The van der Waals surface area contributed by atoms with Crippen LogP contribution in [0.5, 0.6) is 0 Å². The minimum absolute atomic E-state index is 0.110. The number of carbonyl (C=O) groups is 1. The lowest BCUT2D eigenvalue weighted by Crippen LogP contribution is -2.39. The number of likely N-dealkylation sites (N-methyl/N-ethyl adjacent to an activating group) is 1. The van der Waals surface area contributed by atoms with Gasteiger partial charge in [0.05, 0.1) is 16.8 Å². The van der Waals surface area contributed by atoms with E-state index in [4.69, 9.17) is 23.2 Å². The fraction of sp³-hybridized carbons (Fsp3) is 0.312. The van der Waals surface area contributed by atoms with Crippen LogP contribution >= 0.6 is 34.5 Å². The molecule has 1 aromatic heterocycles. The van der Waals surface area contributed by atoms with Gasteiger partial charge in [-0.25, -0.2) is 0 Å². The van der Waals surface area contributed by atoms with Crippen molar-refractivity contribution in [2.45, 2.75) is 26.4 Å². The summed E-state index contributed by atoms with van der Waals surface area (Å²) in [6, 6.07) is 6.82. The van der Waals surface area contributed by atoms with Gasteiger partial charge in [-0.05, 0) is 56.1 Å². The Labute approximate surface area is 144 Å². The number of rotatable bonds is 5. The quantitative estimate of drug-likeness (QED) is 0.832. The molecule has 0 radical (unpaired) electrons. The van der Waals surface area contributed by atoms with E-state index in [1.807, 2.05) is 18.9 Å². The molecule has 1 aromatic carbocycles. The van der Waals surface area contributed by atoms with E-state index in [2.05, 4.69) is 23.7 Å². The van der Waals surface area contributed by atoms with Crippen LogP contribution in [0.25, 0.3) is 0 Å². The number of thiophene rings is 1. The smallest absolute Gasteiger partial charge is 0.241 e. The van der Waals surface area contributed by atoms with Crippen molar-refractivity contribution in [3.8, 4) is 0 Å². The third-order valence-electron chi connectivity index (χ3n) is 3.59. The Kier molecular flexibility index (Phi) is 5.87. The van der Waals surface area contributed by atoms with Crippen LogP contribution in [0.15, 0.2) is 29.6 Å². The average Bonchev–Trinajstić information content (AvgIpc) is 2.87. The van der Waals surface area contributed by atoms with Crippen LogP contribution in [-0.2, 0) is 11.3 Å². The molecule has 2 rings (SSSR count). The van der Waals surface area contributed by atoms with Gasteiger partial charge in [-0.15, -0.1) is 11.3 Å². The van der Waals surface area contributed by atoms with Crippen LogP contribution in [0.1, 0.15) is 17.4 Å². The third kappa shape index (κ3) is 4.23. The van der Waals surface area contributed by atoms with Gasteiger partial charge in [-0.3, -0.25) is 9.69 Å². The zero-order valence-electron chi connectivity index (χ0n) is 12.7. The van der Waals surface area contributed by atoms with Gasteiger partial charge in [-0.2, -0.15) is 0 Å². The molecule has 0 spiro atoms. The number of carbonyl (C=O) groups excluding carboxylic acids is 1. The Morgan fingerprint density at radius 1 is 1.36 bits per heavy atom. The van der Waals surface area contributed by atoms with Gasteiger partial charge < -0.3 is 5.32 Å². The highest BCUT2D eigenvalue weighted by Gasteiger charge is 2.20. The van der Waals surface area contributed by atoms with E-state index in [1.54, 1.807) is 29.5 Å². The topological polar surface area (TPSA) is 32.3 Å². The molecular formula is C16H18Cl2N2OS. The molecule has 1 N–H and O–H groups in total. The number of benzene rings is 1. The Bertz CT molecular complexity index is 672. The molecular weight excluding hydrogens is 339 g/mol. The largest absolute Gasteiger partial charge is 0.323 e. The SMILES string of the molecule is Cc1ccsc1CN(C)[C@@H](C)C(=O)Nc1cc(Cl)ccc1Cl. The molecule has 22 heavy (non-hydrogen) atoms. The summed E-state index contributed by atoms with van der Waals surface area (Å²) in [5.74, 6) is -0.110. The summed E-state index contributed by atoms with van der Waals surface area (Å²) in [6.07, 6.45) is 0. The van der Waals surface area contributed by atoms with Crippen molar-refractivity contribution in [2.24, 2.45) is 0 Å². The molecule has 1 amide bonds. The zero-order chi connectivity index (χ0) is 16.3. The summed E-state index contributed by atoms with van der Waals surface area (Å²) in [4.78, 5) is 15.7. The second-order valence-corrected chi connectivity index (χ2v) is 7.08. The van der Waals surface area contributed by atoms with E-state index in [0.29, 0.717) is 15.7 Å². The van der Waals surface area contributed by atoms with Crippen LogP contribution in [0.3, 0.4) is 0 Å². The molecule has 0 fully saturated rings. The van der Waals surface area contributed by atoms with Gasteiger partial charge in [0.2, 0.25) is 5.91 Å². The standard InChI is InChI=1S/C16H18Cl2N2OS/c1-10-6-7-22-15(10)9-20(3)11(2)16(21)19-14-8-12(17)4-5-13(14)18/h4-8,11H,9H2,1-3H3,(H,19,21)/t11-/m0/s1. The van der Waals surface area contributed by atoms with E-state index in [1.165, 1.54) is 10.4 Å². The minimum Gasteiger partial charge on any atom is -0.323 e. The maximum atomic E-state index is 12.4.